The summed E-state index contributed by atoms with van der Waals surface area (Å²) in [5.74, 6) is -0.722. The van der Waals surface area contributed by atoms with Crippen molar-refractivity contribution in [2.75, 3.05) is 25.2 Å². The normalized spacial score (nSPS) is 22.4. The predicted octanol–water partition coefficient (Wildman–Crippen LogP) is 2.60. The number of amides is 1. The molecule has 0 saturated heterocycles. The van der Waals surface area contributed by atoms with Crippen LogP contribution in [0.4, 0.5) is 15.0 Å². The summed E-state index contributed by atoms with van der Waals surface area (Å²) in [6, 6.07) is 2.11. The van der Waals surface area contributed by atoms with Crippen LogP contribution in [-0.2, 0) is 10.3 Å². The molecule has 2 aromatic heterocycles. The topological polar surface area (TPSA) is 112 Å². The highest BCUT2D eigenvalue weighted by Crippen LogP contribution is 2.30. The number of aliphatic imine (C=N–C) groups is 1. The molecule has 0 fully saturated rings. The summed E-state index contributed by atoms with van der Waals surface area (Å²) in [4.78, 5) is 24.0. The lowest BCUT2D eigenvalue weighted by Crippen LogP contribution is -2.41. The Hall–Kier alpha value is -2.78. The van der Waals surface area contributed by atoms with Crippen molar-refractivity contribution in [1.29, 1.82) is 0 Å². The minimum absolute atomic E-state index is 0.0683. The monoisotopic (exact) mass is 398 g/mol. The molecule has 1 amide bonds. The van der Waals surface area contributed by atoms with Crippen molar-refractivity contribution in [3.05, 3.63) is 46.7 Å². The Labute approximate surface area is 166 Å². The number of rotatable bonds is 4. The van der Waals surface area contributed by atoms with E-state index >= 15 is 0 Å². The first-order valence-electron chi connectivity index (χ1n) is 10.1. The molecule has 1 atom stereocenters. The molecule has 3 rings (SSSR count). The van der Waals surface area contributed by atoms with E-state index in [-0.39, 0.29) is 24.9 Å². The highest BCUT2D eigenvalue weighted by molar-refractivity contribution is 6.30. The van der Waals surface area contributed by atoms with Crippen LogP contribution in [0.15, 0.2) is 35.5 Å². The number of hydrogen-bond acceptors (Lipinski definition) is 7. The third-order valence-corrected chi connectivity index (χ3v) is 3.77. The first kappa shape index (κ1) is 13.4. The van der Waals surface area contributed by atoms with Gasteiger partial charge in [-0.25, -0.2) is 19.2 Å². The lowest BCUT2D eigenvalue weighted by atomic mass is 9.92. The zero-order valence-electron chi connectivity index (χ0n) is 18.8. The standard InChI is InChI=1S/C17H17ClFN5O3/c1-10-4-12(18)6-22-15(10)27-16(25)23-14-5-11(2-3-21-14)17(8-19)9-26-7-13(20)24-17/h2-6H,7-9H2,1H3,(H2,20,24)(H,21,23,25)/i1D3,4D,6D. The van der Waals surface area contributed by atoms with Crippen LogP contribution in [0.5, 0.6) is 5.88 Å². The molecule has 10 heteroatoms. The number of nitrogens with one attached hydrogen (secondary N) is 1. The molecule has 142 valence electrons. The fourth-order valence-corrected chi connectivity index (χ4v) is 2.52. The quantitative estimate of drug-likeness (QED) is 0.818. The Bertz CT molecular complexity index is 1090. The van der Waals surface area contributed by atoms with Crippen LogP contribution in [-0.4, -0.2) is 41.8 Å². The van der Waals surface area contributed by atoms with Gasteiger partial charge in [-0.05, 0) is 30.6 Å². The second-order valence-electron chi connectivity index (χ2n) is 5.55. The molecule has 1 aliphatic heterocycles. The summed E-state index contributed by atoms with van der Waals surface area (Å²) in [5, 5.41) is 1.76. The summed E-state index contributed by atoms with van der Waals surface area (Å²) >= 11 is 5.74. The number of carbonyl (C=O) groups is 1. The van der Waals surface area contributed by atoms with Crippen molar-refractivity contribution >= 4 is 29.3 Å². The molecule has 2 aromatic rings. The number of nitrogens with zero attached hydrogens (tertiary/aromatic N) is 3. The van der Waals surface area contributed by atoms with Gasteiger partial charge in [-0.2, -0.15) is 0 Å². The molecule has 0 radical (unpaired) electrons. The molecule has 0 aliphatic carbocycles. The van der Waals surface area contributed by atoms with Crippen LogP contribution in [0, 0.1) is 6.85 Å². The van der Waals surface area contributed by atoms with Crippen molar-refractivity contribution in [3.63, 3.8) is 0 Å². The molecule has 0 aromatic carbocycles. The SMILES string of the molecule is [2H]c1nc(OC(=O)Nc2cc(C3(CF)COCC(N)=N3)ccn2)c(C([2H])([2H])[2H])c([2H])c1Cl. The predicted molar refractivity (Wildman–Crippen MR) is 98.0 cm³/mol. The van der Waals surface area contributed by atoms with E-state index in [1.165, 1.54) is 18.3 Å². The summed E-state index contributed by atoms with van der Waals surface area (Å²) in [7, 11) is 0. The van der Waals surface area contributed by atoms with E-state index in [1.54, 1.807) is 0 Å². The summed E-state index contributed by atoms with van der Waals surface area (Å²) in [6.45, 7) is -3.81. The zero-order chi connectivity index (χ0) is 23.7. The zero-order valence-corrected chi connectivity index (χ0v) is 14.5. The van der Waals surface area contributed by atoms with Crippen molar-refractivity contribution in [2.45, 2.75) is 12.4 Å². The van der Waals surface area contributed by atoms with Crippen LogP contribution in [0.1, 0.15) is 18.0 Å². The van der Waals surface area contributed by atoms with Gasteiger partial charge in [0.2, 0.25) is 5.88 Å². The van der Waals surface area contributed by atoms with Crippen LogP contribution in [0.3, 0.4) is 0 Å². The highest BCUT2D eigenvalue weighted by Gasteiger charge is 2.36. The van der Waals surface area contributed by atoms with Gasteiger partial charge in [-0.3, -0.25) is 10.3 Å². The number of halogens is 2. The minimum Gasteiger partial charge on any atom is -0.391 e. The van der Waals surface area contributed by atoms with Crippen molar-refractivity contribution in [3.8, 4) is 5.88 Å². The molecular formula is C17H17ClFN5O3. The highest BCUT2D eigenvalue weighted by atomic mass is 35.5. The second-order valence-corrected chi connectivity index (χ2v) is 5.93. The number of ether oxygens (including phenoxy) is 2. The molecule has 3 heterocycles. The van der Waals surface area contributed by atoms with Crippen LogP contribution < -0.4 is 15.8 Å². The number of amidine groups is 1. The lowest BCUT2D eigenvalue weighted by molar-refractivity contribution is 0.0827. The molecule has 27 heavy (non-hydrogen) atoms. The van der Waals surface area contributed by atoms with E-state index in [0.717, 1.165) is 0 Å². The summed E-state index contributed by atoms with van der Waals surface area (Å²) in [5.41, 5.74) is 3.86. The molecule has 0 saturated carbocycles. The number of alkyl halides is 1. The van der Waals surface area contributed by atoms with E-state index in [4.69, 9.17) is 33.7 Å². The number of carbonyl (C=O) groups excluding carboxylic acids is 1. The van der Waals surface area contributed by atoms with Crippen molar-refractivity contribution in [1.82, 2.24) is 9.97 Å². The van der Waals surface area contributed by atoms with Gasteiger partial charge in [0.15, 0.2) is 0 Å². The van der Waals surface area contributed by atoms with Gasteiger partial charge in [0.25, 0.3) is 0 Å². The second kappa shape index (κ2) is 7.85. The van der Waals surface area contributed by atoms with Crippen LogP contribution in [0.25, 0.3) is 0 Å². The van der Waals surface area contributed by atoms with Gasteiger partial charge in [-0.1, -0.05) is 11.6 Å². The Morgan fingerprint density at radius 2 is 2.48 bits per heavy atom. The van der Waals surface area contributed by atoms with Gasteiger partial charge < -0.3 is 15.2 Å². The average Bonchev–Trinajstić information content (AvgIpc) is 2.71. The molecule has 1 aliphatic rings. The van der Waals surface area contributed by atoms with E-state index in [1.807, 2.05) is 0 Å². The maximum absolute atomic E-state index is 13.9. The van der Waals surface area contributed by atoms with E-state index < -0.39 is 53.8 Å². The minimum atomic E-state index is -2.89. The van der Waals surface area contributed by atoms with Crippen molar-refractivity contribution < 1.29 is 25.5 Å². The van der Waals surface area contributed by atoms with Crippen LogP contribution >= 0.6 is 11.6 Å². The van der Waals surface area contributed by atoms with Gasteiger partial charge in [0.05, 0.1) is 14.4 Å². The first-order valence-corrected chi connectivity index (χ1v) is 7.95. The largest absolute Gasteiger partial charge is 0.419 e. The fraction of sp³-hybridized carbons (Fsp3) is 0.294. The lowest BCUT2D eigenvalue weighted by Gasteiger charge is -2.31. The van der Waals surface area contributed by atoms with E-state index in [2.05, 4.69) is 20.3 Å². The maximum Gasteiger partial charge on any atom is 0.419 e. The summed E-state index contributed by atoms with van der Waals surface area (Å²) in [6.07, 6.45) is -0.544. The van der Waals surface area contributed by atoms with E-state index in [9.17, 15) is 9.18 Å². The average molecular weight is 399 g/mol. The molecule has 8 nitrogen and oxygen atoms in total. The van der Waals surface area contributed by atoms with E-state index in [0.29, 0.717) is 5.56 Å². The molecular weight excluding hydrogens is 377 g/mol. The molecule has 1 unspecified atom stereocenters. The Kier molecular flexibility index (Phi) is 3.89. The fourth-order valence-electron chi connectivity index (χ4n) is 2.38. The van der Waals surface area contributed by atoms with Gasteiger partial charge in [-0.15, -0.1) is 0 Å². The Balaban J connectivity index is 1.87. The molecule has 3 N–H and O–H groups in total. The molecule has 0 spiro atoms. The number of anilines is 1. The number of aromatic nitrogens is 2. The Morgan fingerprint density at radius 3 is 3.22 bits per heavy atom. The molecule has 0 bridgehead atoms. The van der Waals surface area contributed by atoms with Gasteiger partial charge in [0.1, 0.15) is 30.5 Å². The van der Waals surface area contributed by atoms with Crippen LogP contribution in [0.2, 0.25) is 5.02 Å². The van der Waals surface area contributed by atoms with Crippen molar-refractivity contribution in [2.24, 2.45) is 10.7 Å². The first-order chi connectivity index (χ1) is 15.0. The third kappa shape index (κ3) is 4.32. The summed E-state index contributed by atoms with van der Waals surface area (Å²) < 4.78 is 62.2. The Morgan fingerprint density at radius 1 is 1.63 bits per heavy atom. The number of pyridine rings is 2. The van der Waals surface area contributed by atoms with Gasteiger partial charge in [0, 0.05) is 22.0 Å². The maximum atomic E-state index is 13.9. The van der Waals surface area contributed by atoms with Gasteiger partial charge >= 0.3 is 6.09 Å². The smallest absolute Gasteiger partial charge is 0.391 e. The third-order valence-electron chi connectivity index (χ3n) is 3.59. The number of hydrogen-bond donors (Lipinski definition) is 2. The number of nitrogens with two attached hydrogens (primary N) is 1.